The van der Waals surface area contributed by atoms with Crippen LogP contribution < -0.4 is 15.4 Å². The summed E-state index contributed by atoms with van der Waals surface area (Å²) in [5, 5.41) is 6.69. The first-order valence-corrected chi connectivity index (χ1v) is 7.42. The summed E-state index contributed by atoms with van der Waals surface area (Å²) in [6.45, 7) is 4.90. The summed E-state index contributed by atoms with van der Waals surface area (Å²) in [7, 11) is 0. The molecule has 1 aromatic rings. The minimum atomic E-state index is 0.0120. The van der Waals surface area contributed by atoms with Gasteiger partial charge in [-0.25, -0.2) is 0 Å². The lowest BCUT2D eigenvalue weighted by Gasteiger charge is -2.13. The van der Waals surface area contributed by atoms with Crippen molar-refractivity contribution in [3.8, 4) is 5.75 Å². The number of halogens is 1. The highest BCUT2D eigenvalue weighted by molar-refractivity contribution is 6.32. The molecule has 1 aliphatic heterocycles. The van der Waals surface area contributed by atoms with E-state index >= 15 is 0 Å². The van der Waals surface area contributed by atoms with Gasteiger partial charge in [-0.1, -0.05) is 11.6 Å². The molecule has 1 heterocycles. The fourth-order valence-electron chi connectivity index (χ4n) is 2.29. The van der Waals surface area contributed by atoms with Gasteiger partial charge in [-0.15, -0.1) is 0 Å². The topological polar surface area (TPSA) is 50.4 Å². The van der Waals surface area contributed by atoms with Crippen LogP contribution >= 0.6 is 11.6 Å². The quantitative estimate of drug-likeness (QED) is 0.877. The summed E-state index contributed by atoms with van der Waals surface area (Å²) in [5.41, 5.74) is 0.703. The lowest BCUT2D eigenvalue weighted by molar-refractivity contribution is -0.116. The van der Waals surface area contributed by atoms with Crippen molar-refractivity contribution in [1.82, 2.24) is 5.32 Å². The van der Waals surface area contributed by atoms with Crippen molar-refractivity contribution in [2.75, 3.05) is 11.9 Å². The van der Waals surface area contributed by atoms with Crippen LogP contribution in [0.15, 0.2) is 18.2 Å². The number of amides is 1. The van der Waals surface area contributed by atoms with Gasteiger partial charge in [-0.05, 0) is 51.4 Å². The molecular formula is C15H21ClN2O2. The van der Waals surface area contributed by atoms with Crippen molar-refractivity contribution in [3.63, 3.8) is 0 Å². The summed E-state index contributed by atoms with van der Waals surface area (Å²) in [5.74, 6) is 0.648. The van der Waals surface area contributed by atoms with Crippen LogP contribution in [-0.4, -0.2) is 24.6 Å². The zero-order valence-electron chi connectivity index (χ0n) is 11.9. The summed E-state index contributed by atoms with van der Waals surface area (Å²) in [6, 6.07) is 5.61. The second-order valence-corrected chi connectivity index (χ2v) is 5.76. The second-order valence-electron chi connectivity index (χ2n) is 5.36. The van der Waals surface area contributed by atoms with Crippen LogP contribution in [0, 0.1) is 0 Å². The number of ether oxygens (including phenoxy) is 1. The maximum absolute atomic E-state index is 11.9. The predicted molar refractivity (Wildman–Crippen MR) is 81.5 cm³/mol. The van der Waals surface area contributed by atoms with Crippen LogP contribution in [0.2, 0.25) is 5.02 Å². The Morgan fingerprint density at radius 2 is 2.35 bits per heavy atom. The molecule has 0 aliphatic carbocycles. The molecule has 2 N–H and O–H groups in total. The fraction of sp³-hybridized carbons (Fsp3) is 0.533. The highest BCUT2D eigenvalue weighted by atomic mass is 35.5. The minimum Gasteiger partial charge on any atom is -0.489 e. The van der Waals surface area contributed by atoms with E-state index in [4.69, 9.17) is 16.3 Å². The van der Waals surface area contributed by atoms with Gasteiger partial charge >= 0.3 is 0 Å². The van der Waals surface area contributed by atoms with Crippen molar-refractivity contribution >= 4 is 23.2 Å². The predicted octanol–water partition coefficient (Wildman–Crippen LogP) is 3.21. The Labute approximate surface area is 124 Å². The first-order chi connectivity index (χ1) is 9.54. The molecule has 1 saturated heterocycles. The molecule has 110 valence electrons. The molecule has 0 saturated carbocycles. The van der Waals surface area contributed by atoms with E-state index in [1.165, 1.54) is 0 Å². The maximum Gasteiger partial charge on any atom is 0.225 e. The number of rotatable bonds is 5. The summed E-state index contributed by atoms with van der Waals surface area (Å²) < 4.78 is 5.56. The molecule has 1 aromatic carbocycles. The Kier molecular flexibility index (Phi) is 5.26. The molecule has 1 atom stereocenters. The zero-order chi connectivity index (χ0) is 14.5. The van der Waals surface area contributed by atoms with E-state index in [9.17, 15) is 4.79 Å². The Bertz CT molecular complexity index is 471. The van der Waals surface area contributed by atoms with Gasteiger partial charge in [0, 0.05) is 18.2 Å². The number of nitrogens with one attached hydrogen (secondary N) is 2. The van der Waals surface area contributed by atoms with Crippen molar-refractivity contribution < 1.29 is 9.53 Å². The Hall–Kier alpha value is -1.26. The number of anilines is 1. The molecule has 20 heavy (non-hydrogen) atoms. The van der Waals surface area contributed by atoms with Crippen molar-refractivity contribution in [2.24, 2.45) is 0 Å². The van der Waals surface area contributed by atoms with Crippen molar-refractivity contribution in [1.29, 1.82) is 0 Å². The number of carbonyl (C=O) groups excluding carboxylic acids is 1. The third-order valence-corrected chi connectivity index (χ3v) is 3.47. The number of hydrogen-bond acceptors (Lipinski definition) is 3. The van der Waals surface area contributed by atoms with Crippen LogP contribution in [0.5, 0.6) is 5.75 Å². The van der Waals surface area contributed by atoms with Gasteiger partial charge in [0.2, 0.25) is 5.91 Å². The van der Waals surface area contributed by atoms with Crippen LogP contribution in [0.3, 0.4) is 0 Å². The van der Waals surface area contributed by atoms with Crippen LogP contribution in [0.4, 0.5) is 5.69 Å². The minimum absolute atomic E-state index is 0.0120. The van der Waals surface area contributed by atoms with Gasteiger partial charge in [0.25, 0.3) is 0 Å². The molecule has 1 fully saturated rings. The highest BCUT2D eigenvalue weighted by Crippen LogP contribution is 2.28. The van der Waals surface area contributed by atoms with E-state index in [2.05, 4.69) is 10.6 Å². The van der Waals surface area contributed by atoms with E-state index < -0.39 is 0 Å². The van der Waals surface area contributed by atoms with Crippen LogP contribution in [0.25, 0.3) is 0 Å². The fourth-order valence-corrected chi connectivity index (χ4v) is 2.52. The molecule has 1 amide bonds. The van der Waals surface area contributed by atoms with E-state index in [0.29, 0.717) is 28.9 Å². The highest BCUT2D eigenvalue weighted by Gasteiger charge is 2.17. The average molecular weight is 297 g/mol. The molecule has 0 aromatic heterocycles. The van der Waals surface area contributed by atoms with Crippen molar-refractivity contribution in [3.05, 3.63) is 23.2 Å². The largest absolute Gasteiger partial charge is 0.489 e. The van der Waals surface area contributed by atoms with Gasteiger partial charge < -0.3 is 15.4 Å². The van der Waals surface area contributed by atoms with Gasteiger partial charge in [-0.2, -0.15) is 0 Å². The van der Waals surface area contributed by atoms with Gasteiger partial charge in [0.05, 0.1) is 11.1 Å². The first-order valence-electron chi connectivity index (χ1n) is 7.04. The van der Waals surface area contributed by atoms with Gasteiger partial charge in [0.15, 0.2) is 0 Å². The average Bonchev–Trinajstić information content (AvgIpc) is 2.85. The standard InChI is InChI=1S/C15H21ClN2O2/c1-10(2)20-14-6-5-12(8-13(14)16)18-15(19)9-11-4-3-7-17-11/h5-6,8,10-11,17H,3-4,7,9H2,1-2H3,(H,18,19). The third-order valence-electron chi connectivity index (χ3n) is 3.17. The van der Waals surface area contributed by atoms with Crippen molar-refractivity contribution in [2.45, 2.75) is 45.3 Å². The Balaban J connectivity index is 1.92. The molecule has 2 rings (SSSR count). The van der Waals surface area contributed by atoms with E-state index in [-0.39, 0.29) is 12.0 Å². The molecule has 0 bridgehead atoms. The smallest absolute Gasteiger partial charge is 0.225 e. The monoisotopic (exact) mass is 296 g/mol. The summed E-state index contributed by atoms with van der Waals surface area (Å²) in [4.78, 5) is 11.9. The third kappa shape index (κ3) is 4.39. The molecule has 5 heteroatoms. The molecule has 0 spiro atoms. The summed E-state index contributed by atoms with van der Waals surface area (Å²) >= 11 is 6.14. The number of hydrogen-bond donors (Lipinski definition) is 2. The summed E-state index contributed by atoms with van der Waals surface area (Å²) in [6.07, 6.45) is 2.78. The van der Waals surface area contributed by atoms with E-state index in [1.807, 2.05) is 19.9 Å². The van der Waals surface area contributed by atoms with Gasteiger partial charge in [0.1, 0.15) is 5.75 Å². The molecule has 4 nitrogen and oxygen atoms in total. The normalized spacial score (nSPS) is 18.3. The number of carbonyl (C=O) groups is 1. The second kappa shape index (κ2) is 6.95. The lowest BCUT2D eigenvalue weighted by Crippen LogP contribution is -2.27. The molecule has 1 aliphatic rings. The molecule has 1 unspecified atom stereocenters. The zero-order valence-corrected chi connectivity index (χ0v) is 12.7. The maximum atomic E-state index is 11.9. The Morgan fingerprint density at radius 1 is 1.55 bits per heavy atom. The van der Waals surface area contributed by atoms with Crippen LogP contribution in [0.1, 0.15) is 33.1 Å². The molecule has 0 radical (unpaired) electrons. The van der Waals surface area contributed by atoms with E-state index in [1.54, 1.807) is 12.1 Å². The first kappa shape index (κ1) is 15.1. The Morgan fingerprint density at radius 3 is 2.95 bits per heavy atom. The molecular weight excluding hydrogens is 276 g/mol. The number of benzene rings is 1. The van der Waals surface area contributed by atoms with Gasteiger partial charge in [-0.3, -0.25) is 4.79 Å². The lowest BCUT2D eigenvalue weighted by atomic mass is 10.1. The SMILES string of the molecule is CC(C)Oc1ccc(NC(=O)CC2CCCN2)cc1Cl. The van der Waals surface area contributed by atoms with E-state index in [0.717, 1.165) is 19.4 Å². The van der Waals surface area contributed by atoms with Crippen LogP contribution in [-0.2, 0) is 4.79 Å².